The van der Waals surface area contributed by atoms with E-state index in [2.05, 4.69) is 5.16 Å². The molecule has 0 amide bonds. The lowest BCUT2D eigenvalue weighted by molar-refractivity contribution is -0.139. The topological polar surface area (TPSA) is 61.6 Å². The molecule has 1 aromatic carbocycles. The molecule has 0 unspecified atom stereocenters. The Bertz CT molecular complexity index is 886. The van der Waals surface area contributed by atoms with Crippen molar-refractivity contribution < 1.29 is 23.2 Å². The maximum Gasteiger partial charge on any atom is 0.331 e. The van der Waals surface area contributed by atoms with Crippen molar-refractivity contribution in [2.24, 2.45) is 0 Å². The van der Waals surface area contributed by atoms with Gasteiger partial charge in [-0.3, -0.25) is 0 Å². The highest BCUT2D eigenvalue weighted by atomic mass is 32.1. The van der Waals surface area contributed by atoms with Gasteiger partial charge in [-0.1, -0.05) is 17.3 Å². The lowest BCUT2D eigenvalue weighted by Gasteiger charge is -2.02. The van der Waals surface area contributed by atoms with Gasteiger partial charge in [0.1, 0.15) is 12.3 Å². The van der Waals surface area contributed by atoms with Gasteiger partial charge >= 0.3 is 5.97 Å². The summed E-state index contributed by atoms with van der Waals surface area (Å²) in [5.41, 5.74) is 1.04. The normalized spacial score (nSPS) is 11.0. The second-order valence-electron chi connectivity index (χ2n) is 4.99. The molecule has 0 saturated heterocycles. The summed E-state index contributed by atoms with van der Waals surface area (Å²) in [5.74, 6) is -0.281. The zero-order valence-corrected chi connectivity index (χ0v) is 14.1. The maximum absolute atomic E-state index is 13.6. The maximum atomic E-state index is 13.6. The SMILES string of the molecule is COc1ccc(/C=C/C(=O)OCc2cc(-c3cccs3)on2)cc1F. The third kappa shape index (κ3) is 4.33. The van der Waals surface area contributed by atoms with Crippen LogP contribution in [0.1, 0.15) is 11.3 Å². The molecule has 2 aromatic heterocycles. The Balaban J connectivity index is 1.55. The van der Waals surface area contributed by atoms with Crippen LogP contribution in [0.15, 0.2) is 52.4 Å². The van der Waals surface area contributed by atoms with Gasteiger partial charge in [-0.25, -0.2) is 9.18 Å². The molecule has 0 atom stereocenters. The molecule has 5 nitrogen and oxygen atoms in total. The summed E-state index contributed by atoms with van der Waals surface area (Å²) >= 11 is 1.53. The van der Waals surface area contributed by atoms with Crippen LogP contribution in [0.25, 0.3) is 16.7 Å². The predicted octanol–water partition coefficient (Wildman–Crippen LogP) is 4.31. The van der Waals surface area contributed by atoms with Crippen molar-refractivity contribution in [2.75, 3.05) is 7.11 Å². The van der Waals surface area contributed by atoms with Crippen molar-refractivity contribution in [1.29, 1.82) is 0 Å². The molecular formula is C18H14FNO4S. The van der Waals surface area contributed by atoms with Crippen LogP contribution in [0.2, 0.25) is 0 Å². The van der Waals surface area contributed by atoms with E-state index < -0.39 is 11.8 Å². The van der Waals surface area contributed by atoms with Crippen LogP contribution in [-0.4, -0.2) is 18.2 Å². The van der Waals surface area contributed by atoms with E-state index in [1.54, 1.807) is 12.1 Å². The van der Waals surface area contributed by atoms with E-state index >= 15 is 0 Å². The molecule has 0 fully saturated rings. The van der Waals surface area contributed by atoms with Crippen molar-refractivity contribution in [3.05, 3.63) is 64.9 Å². The van der Waals surface area contributed by atoms with E-state index in [-0.39, 0.29) is 12.4 Å². The average Bonchev–Trinajstić information content (AvgIpc) is 3.29. The zero-order valence-electron chi connectivity index (χ0n) is 13.3. The van der Waals surface area contributed by atoms with Gasteiger partial charge in [0.05, 0.1) is 12.0 Å². The van der Waals surface area contributed by atoms with Gasteiger partial charge in [-0.05, 0) is 35.2 Å². The van der Waals surface area contributed by atoms with Crippen LogP contribution in [0, 0.1) is 5.82 Å². The first-order chi connectivity index (χ1) is 12.2. The Kier molecular flexibility index (Phi) is 5.25. The molecule has 0 saturated carbocycles. The van der Waals surface area contributed by atoms with E-state index in [0.29, 0.717) is 17.0 Å². The third-order valence-electron chi connectivity index (χ3n) is 3.27. The lowest BCUT2D eigenvalue weighted by atomic mass is 10.2. The van der Waals surface area contributed by atoms with Crippen LogP contribution in [0.5, 0.6) is 5.75 Å². The number of carbonyl (C=O) groups is 1. The van der Waals surface area contributed by atoms with E-state index in [0.717, 1.165) is 4.88 Å². The first kappa shape index (κ1) is 16.9. The Morgan fingerprint density at radius 1 is 1.36 bits per heavy atom. The molecule has 0 spiro atoms. The van der Waals surface area contributed by atoms with Crippen molar-refractivity contribution in [2.45, 2.75) is 6.61 Å². The number of ether oxygens (including phenoxy) is 2. The van der Waals surface area contributed by atoms with Crippen molar-refractivity contribution >= 4 is 23.4 Å². The summed E-state index contributed by atoms with van der Waals surface area (Å²) in [6.45, 7) is -0.00494. The zero-order chi connectivity index (χ0) is 17.6. The minimum Gasteiger partial charge on any atom is -0.494 e. The Labute approximate surface area is 147 Å². The fourth-order valence-corrected chi connectivity index (χ4v) is 2.73. The highest BCUT2D eigenvalue weighted by Gasteiger charge is 2.09. The van der Waals surface area contributed by atoms with Crippen molar-refractivity contribution in [3.8, 4) is 16.4 Å². The fraction of sp³-hybridized carbons (Fsp3) is 0.111. The van der Waals surface area contributed by atoms with Gasteiger partial charge in [0.25, 0.3) is 0 Å². The van der Waals surface area contributed by atoms with Crippen molar-refractivity contribution in [1.82, 2.24) is 5.16 Å². The number of nitrogens with zero attached hydrogens (tertiary/aromatic N) is 1. The Morgan fingerprint density at radius 2 is 2.24 bits per heavy atom. The average molecular weight is 359 g/mol. The second-order valence-corrected chi connectivity index (χ2v) is 5.94. The number of hydrogen-bond acceptors (Lipinski definition) is 6. The second kappa shape index (κ2) is 7.76. The molecule has 128 valence electrons. The number of hydrogen-bond donors (Lipinski definition) is 0. The smallest absolute Gasteiger partial charge is 0.331 e. The monoisotopic (exact) mass is 359 g/mol. The Hall–Kier alpha value is -2.93. The molecule has 7 heteroatoms. The number of aromatic nitrogens is 1. The quantitative estimate of drug-likeness (QED) is 0.485. The summed E-state index contributed by atoms with van der Waals surface area (Å²) in [5, 5.41) is 5.79. The summed E-state index contributed by atoms with van der Waals surface area (Å²) in [7, 11) is 1.39. The van der Waals surface area contributed by atoms with Gasteiger partial charge in [0.15, 0.2) is 17.3 Å². The number of esters is 1. The lowest BCUT2D eigenvalue weighted by Crippen LogP contribution is -2.00. The number of halogens is 1. The van der Waals surface area contributed by atoms with E-state index in [1.807, 2.05) is 17.5 Å². The number of methoxy groups -OCH3 is 1. The van der Waals surface area contributed by atoms with E-state index in [1.165, 1.54) is 42.7 Å². The third-order valence-corrected chi connectivity index (χ3v) is 4.16. The van der Waals surface area contributed by atoms with Gasteiger partial charge < -0.3 is 14.0 Å². The van der Waals surface area contributed by atoms with Crippen molar-refractivity contribution in [3.63, 3.8) is 0 Å². The number of benzene rings is 1. The van der Waals surface area contributed by atoms with Crippen LogP contribution in [-0.2, 0) is 16.1 Å². The molecule has 0 N–H and O–H groups in total. The molecule has 0 aliphatic rings. The standard InChI is InChI=1S/C18H14FNO4S/c1-22-15-6-4-12(9-14(15)19)5-7-18(21)23-11-13-10-16(24-20-13)17-3-2-8-25-17/h2-10H,11H2,1H3/b7-5+. The molecule has 2 heterocycles. The van der Waals surface area contributed by atoms with Gasteiger partial charge in [-0.2, -0.15) is 0 Å². The summed E-state index contributed by atoms with van der Waals surface area (Å²) in [6.07, 6.45) is 2.69. The largest absolute Gasteiger partial charge is 0.494 e. The summed E-state index contributed by atoms with van der Waals surface area (Å²) in [4.78, 5) is 12.7. The number of carbonyl (C=O) groups excluding carboxylic acids is 1. The molecule has 0 radical (unpaired) electrons. The molecule has 0 bridgehead atoms. The summed E-state index contributed by atoms with van der Waals surface area (Å²) in [6, 6.07) is 9.94. The first-order valence-corrected chi connectivity index (χ1v) is 8.21. The fourth-order valence-electron chi connectivity index (χ4n) is 2.06. The van der Waals surface area contributed by atoms with Crippen LogP contribution in [0.4, 0.5) is 4.39 Å². The molecule has 3 rings (SSSR count). The molecule has 0 aliphatic carbocycles. The van der Waals surface area contributed by atoms with Gasteiger partial charge in [-0.15, -0.1) is 11.3 Å². The minimum atomic E-state index is -0.558. The molecule has 0 aliphatic heterocycles. The minimum absolute atomic E-state index is 0.00494. The van der Waals surface area contributed by atoms with Crippen LogP contribution < -0.4 is 4.74 Å². The van der Waals surface area contributed by atoms with Gasteiger partial charge in [0, 0.05) is 12.1 Å². The number of thiophene rings is 1. The van der Waals surface area contributed by atoms with E-state index in [4.69, 9.17) is 14.0 Å². The van der Waals surface area contributed by atoms with Crippen LogP contribution >= 0.6 is 11.3 Å². The molecule has 25 heavy (non-hydrogen) atoms. The highest BCUT2D eigenvalue weighted by molar-refractivity contribution is 7.13. The summed E-state index contributed by atoms with van der Waals surface area (Å²) < 4.78 is 28.7. The van der Waals surface area contributed by atoms with E-state index in [9.17, 15) is 9.18 Å². The predicted molar refractivity (Wildman–Crippen MR) is 91.6 cm³/mol. The Morgan fingerprint density at radius 3 is 2.96 bits per heavy atom. The molecule has 3 aromatic rings. The van der Waals surface area contributed by atoms with Gasteiger partial charge in [0.2, 0.25) is 0 Å². The number of rotatable bonds is 6. The highest BCUT2D eigenvalue weighted by Crippen LogP contribution is 2.25. The van der Waals surface area contributed by atoms with Crippen LogP contribution in [0.3, 0.4) is 0 Å². The first-order valence-electron chi connectivity index (χ1n) is 7.33. The molecular weight excluding hydrogens is 345 g/mol.